The van der Waals surface area contributed by atoms with Crippen LogP contribution < -0.4 is 10.1 Å². The van der Waals surface area contributed by atoms with Crippen LogP contribution in [0.4, 0.5) is 24.8 Å². The minimum atomic E-state index is -4.63. The van der Waals surface area contributed by atoms with Crippen LogP contribution in [-0.4, -0.2) is 61.7 Å². The Morgan fingerprint density at radius 1 is 1.12 bits per heavy atom. The van der Waals surface area contributed by atoms with Gasteiger partial charge in [0.05, 0.1) is 43.8 Å². The molecule has 0 saturated carbocycles. The number of anilines is 2. The second kappa shape index (κ2) is 13.6. The summed E-state index contributed by atoms with van der Waals surface area (Å²) >= 11 is 0. The molecule has 1 aliphatic rings. The predicted molar refractivity (Wildman–Crippen MR) is 149 cm³/mol. The molecule has 0 unspecified atom stereocenters. The second-order valence-corrected chi connectivity index (χ2v) is 9.75. The van der Waals surface area contributed by atoms with Gasteiger partial charge in [-0.3, -0.25) is 4.79 Å². The summed E-state index contributed by atoms with van der Waals surface area (Å²) in [6.07, 6.45) is -1.02. The van der Waals surface area contributed by atoms with Gasteiger partial charge in [-0.05, 0) is 73.5 Å². The molecule has 0 bridgehead atoms. The Balaban J connectivity index is 1.53. The maximum absolute atomic E-state index is 13.8. The maximum Gasteiger partial charge on any atom is 0.419 e. The van der Waals surface area contributed by atoms with Crippen LogP contribution in [0.3, 0.4) is 0 Å². The van der Waals surface area contributed by atoms with Crippen molar-refractivity contribution in [1.29, 1.82) is 0 Å². The summed E-state index contributed by atoms with van der Waals surface area (Å²) in [6.45, 7) is 1.56. The first-order valence-electron chi connectivity index (χ1n) is 13.3. The van der Waals surface area contributed by atoms with E-state index in [0.29, 0.717) is 22.9 Å². The molecule has 215 valence electrons. The largest absolute Gasteiger partial charge is 0.495 e. The number of aryl methyl sites for hydroxylation is 2. The summed E-state index contributed by atoms with van der Waals surface area (Å²) in [4.78, 5) is 32.7. The van der Waals surface area contributed by atoms with E-state index in [4.69, 9.17) is 9.47 Å². The molecule has 8 nitrogen and oxygen atoms in total. The van der Waals surface area contributed by atoms with Gasteiger partial charge in [-0.15, -0.1) is 0 Å². The number of aromatic nitrogens is 2. The van der Waals surface area contributed by atoms with E-state index in [1.807, 2.05) is 23.0 Å². The van der Waals surface area contributed by atoms with E-state index >= 15 is 0 Å². The molecule has 1 radical (unpaired) electrons. The Bertz CT molecular complexity index is 1360. The number of nitrogens with one attached hydrogen (secondary N) is 1. The first-order chi connectivity index (χ1) is 19.7. The Kier molecular flexibility index (Phi) is 9.98. The van der Waals surface area contributed by atoms with Crippen LogP contribution in [0.15, 0.2) is 48.7 Å². The first-order valence-corrected chi connectivity index (χ1v) is 13.3. The number of carbonyl (C=O) groups is 2. The minimum Gasteiger partial charge on any atom is -0.495 e. The van der Waals surface area contributed by atoms with E-state index in [2.05, 4.69) is 15.3 Å². The quantitative estimate of drug-likeness (QED) is 0.202. The Labute approximate surface area is 237 Å². The van der Waals surface area contributed by atoms with Crippen LogP contribution >= 0.6 is 0 Å². The van der Waals surface area contributed by atoms with Gasteiger partial charge >= 0.3 is 12.1 Å². The van der Waals surface area contributed by atoms with Crippen LogP contribution in [0.25, 0.3) is 0 Å². The topological polar surface area (TPSA) is 93.7 Å². The smallest absolute Gasteiger partial charge is 0.419 e. The molecule has 0 spiro atoms. The maximum atomic E-state index is 13.8. The number of nitrogens with zero attached hydrogens (tertiary/aromatic N) is 3. The number of alkyl halides is 3. The summed E-state index contributed by atoms with van der Waals surface area (Å²) in [5.74, 6) is 0.403. The molecule has 1 saturated heterocycles. The number of piperidine rings is 1. The number of hydrogen-bond acceptors (Lipinski definition) is 8. The van der Waals surface area contributed by atoms with E-state index in [9.17, 15) is 22.8 Å². The van der Waals surface area contributed by atoms with Gasteiger partial charge in [0.1, 0.15) is 5.75 Å². The zero-order valence-electron chi connectivity index (χ0n) is 22.9. The SMILES string of the molecule is COC(=O)Cc1ccccc1CCc1nc(Nc2ccc(C3CCN([B]C=O)CC3)cc2OC)ncc1C(F)(F)F. The molecule has 12 heteroatoms. The van der Waals surface area contributed by atoms with Gasteiger partial charge < -0.3 is 24.4 Å². The first kappa shape index (κ1) is 30.0. The summed E-state index contributed by atoms with van der Waals surface area (Å²) in [5, 5.41) is 3.01. The van der Waals surface area contributed by atoms with E-state index < -0.39 is 17.7 Å². The molecular formula is C29H31BF3N4O4. The molecule has 2 aromatic carbocycles. The summed E-state index contributed by atoms with van der Waals surface area (Å²) in [7, 11) is 4.37. The minimum absolute atomic E-state index is 0.0134. The fourth-order valence-electron chi connectivity index (χ4n) is 5.01. The van der Waals surface area contributed by atoms with Gasteiger partial charge in [-0.1, -0.05) is 30.3 Å². The number of methoxy groups -OCH3 is 2. The molecule has 3 aromatic rings. The summed E-state index contributed by atoms with van der Waals surface area (Å²) < 4.78 is 51.8. The molecule has 2 heterocycles. The van der Waals surface area contributed by atoms with Gasteiger partial charge in [0.15, 0.2) is 0 Å². The van der Waals surface area contributed by atoms with Crippen molar-refractivity contribution in [2.75, 3.05) is 32.6 Å². The summed E-state index contributed by atoms with van der Waals surface area (Å²) in [6, 6.07) is 12.8. The number of benzene rings is 2. The van der Waals surface area contributed by atoms with Crippen LogP contribution in [0.1, 0.15) is 46.7 Å². The average Bonchev–Trinajstić information content (AvgIpc) is 2.97. The fraction of sp³-hybridized carbons (Fsp3) is 0.379. The number of esters is 1. The van der Waals surface area contributed by atoms with Crippen molar-refractivity contribution in [2.45, 2.75) is 44.2 Å². The zero-order valence-corrected chi connectivity index (χ0v) is 22.9. The van der Waals surface area contributed by atoms with Crippen molar-refractivity contribution in [3.8, 4) is 5.75 Å². The van der Waals surface area contributed by atoms with Crippen LogP contribution in [0.2, 0.25) is 0 Å². The van der Waals surface area contributed by atoms with Gasteiger partial charge in [-0.2, -0.15) is 13.2 Å². The highest BCUT2D eigenvalue weighted by Crippen LogP contribution is 2.36. The van der Waals surface area contributed by atoms with Crippen LogP contribution in [-0.2, 0) is 39.8 Å². The molecule has 1 fully saturated rings. The Morgan fingerprint density at radius 3 is 2.51 bits per heavy atom. The Hall–Kier alpha value is -3.93. The van der Waals surface area contributed by atoms with Gasteiger partial charge in [0, 0.05) is 6.20 Å². The zero-order chi connectivity index (χ0) is 29.4. The van der Waals surface area contributed by atoms with E-state index in [1.165, 1.54) is 14.2 Å². The molecular weight excluding hydrogens is 536 g/mol. The number of hydrogen-bond donors (Lipinski definition) is 1. The lowest BCUT2D eigenvalue weighted by Crippen LogP contribution is -2.36. The Morgan fingerprint density at radius 2 is 1.85 bits per heavy atom. The highest BCUT2D eigenvalue weighted by Gasteiger charge is 2.35. The van der Waals surface area contributed by atoms with Gasteiger partial charge in [0.2, 0.25) is 5.95 Å². The van der Waals surface area contributed by atoms with E-state index in [-0.39, 0.29) is 30.9 Å². The van der Waals surface area contributed by atoms with Gasteiger partial charge in [-0.25, -0.2) is 9.97 Å². The monoisotopic (exact) mass is 567 g/mol. The third-order valence-electron chi connectivity index (χ3n) is 7.23. The van der Waals surface area contributed by atoms with E-state index in [0.717, 1.165) is 49.4 Å². The number of halogens is 3. The van der Waals surface area contributed by atoms with Crippen molar-refractivity contribution in [2.24, 2.45) is 0 Å². The molecule has 1 aromatic heterocycles. The third kappa shape index (κ3) is 7.84. The molecule has 0 atom stereocenters. The molecule has 0 amide bonds. The summed E-state index contributed by atoms with van der Waals surface area (Å²) in [5.41, 5.74) is 1.98. The molecule has 0 aliphatic carbocycles. The normalized spacial score (nSPS) is 14.4. The van der Waals surface area contributed by atoms with Crippen molar-refractivity contribution in [1.82, 2.24) is 14.8 Å². The van der Waals surface area contributed by atoms with Crippen molar-refractivity contribution in [3.63, 3.8) is 0 Å². The molecule has 41 heavy (non-hydrogen) atoms. The van der Waals surface area contributed by atoms with Crippen molar-refractivity contribution >= 4 is 31.2 Å². The number of carbonyl (C=O) groups excluding carboxylic acids is 2. The molecule has 1 aliphatic heterocycles. The average molecular weight is 567 g/mol. The molecule has 1 N–H and O–H groups in total. The van der Waals surface area contributed by atoms with Crippen molar-refractivity contribution < 1.29 is 32.2 Å². The molecule has 4 rings (SSSR count). The highest BCUT2D eigenvalue weighted by molar-refractivity contribution is 6.64. The third-order valence-corrected chi connectivity index (χ3v) is 7.23. The predicted octanol–water partition coefficient (Wildman–Crippen LogP) is 4.74. The van der Waals surface area contributed by atoms with Gasteiger partial charge in [0.25, 0.3) is 7.41 Å². The second-order valence-electron chi connectivity index (χ2n) is 9.75. The number of rotatable bonds is 11. The van der Waals surface area contributed by atoms with Crippen LogP contribution in [0.5, 0.6) is 5.75 Å². The highest BCUT2D eigenvalue weighted by atomic mass is 19.4. The van der Waals surface area contributed by atoms with Crippen LogP contribution in [0, 0.1) is 0 Å². The van der Waals surface area contributed by atoms with Crippen molar-refractivity contribution in [3.05, 3.63) is 76.6 Å². The lowest BCUT2D eigenvalue weighted by atomic mass is 9.84. The fourth-order valence-corrected chi connectivity index (χ4v) is 5.01. The number of ether oxygens (including phenoxy) is 2. The van der Waals surface area contributed by atoms with E-state index in [1.54, 1.807) is 31.7 Å². The standard InChI is InChI=1S/C29H31BF3N4O4/c1-40-26-15-22(20-11-13-37(14-12-20)30-18-38)8-10-25(26)36-28-34-17-23(29(31,32)33)24(35-28)9-7-19-5-3-4-6-21(19)16-27(39)41-2/h3-6,8,10,15,17-18,20H,7,9,11-14,16H2,1-2H3,(H,34,35,36). The lowest BCUT2D eigenvalue weighted by molar-refractivity contribution is -0.140. The lowest BCUT2D eigenvalue weighted by Gasteiger charge is -2.31.